The summed E-state index contributed by atoms with van der Waals surface area (Å²) >= 11 is 0. The molecule has 0 aliphatic carbocycles. The van der Waals surface area contributed by atoms with Crippen molar-refractivity contribution in [3.63, 3.8) is 0 Å². The van der Waals surface area contributed by atoms with Gasteiger partial charge in [0, 0.05) is 12.8 Å². The van der Waals surface area contributed by atoms with E-state index < -0.39 is 35.3 Å². The van der Waals surface area contributed by atoms with Crippen LogP contribution in [0.4, 0.5) is 0 Å². The monoisotopic (exact) mass is 323 g/mol. The maximum Gasteiger partial charge on any atom is 0.255 e. The predicted octanol–water partition coefficient (Wildman–Crippen LogP) is -1.37. The molecular weight excluding hydrogens is 302 g/mol. The van der Waals surface area contributed by atoms with E-state index in [1.54, 1.807) is 0 Å². The number of likely N-dealkylation sites (tertiary alicyclic amines) is 2. The Balaban J connectivity index is 1.93. The molecule has 4 amide bonds. The first-order valence-electron chi connectivity index (χ1n) is 7.86. The number of aliphatic hydroxyl groups is 1. The highest BCUT2D eigenvalue weighted by Crippen LogP contribution is 2.45. The Morgan fingerprint density at radius 1 is 1.13 bits per heavy atom. The topological polar surface area (TPSA) is 107 Å². The molecule has 8 nitrogen and oxygen atoms in total. The van der Waals surface area contributed by atoms with Crippen LogP contribution >= 0.6 is 0 Å². The Morgan fingerprint density at radius 2 is 1.78 bits per heavy atom. The fourth-order valence-electron chi connectivity index (χ4n) is 3.84. The molecule has 0 aromatic carbocycles. The third kappa shape index (κ3) is 2.28. The molecule has 0 radical (unpaired) electrons. The Kier molecular flexibility index (Phi) is 3.76. The van der Waals surface area contributed by atoms with E-state index in [9.17, 15) is 24.3 Å². The molecule has 0 aromatic rings. The van der Waals surface area contributed by atoms with Crippen molar-refractivity contribution >= 4 is 23.6 Å². The molecule has 0 bridgehead atoms. The van der Waals surface area contributed by atoms with Crippen molar-refractivity contribution in [2.75, 3.05) is 26.7 Å². The molecule has 0 saturated carbocycles. The molecule has 3 aliphatic heterocycles. The van der Waals surface area contributed by atoms with Gasteiger partial charge in [0.25, 0.3) is 5.91 Å². The lowest BCUT2D eigenvalue weighted by Gasteiger charge is -2.41. The second-order valence-electron chi connectivity index (χ2n) is 6.86. The Morgan fingerprint density at radius 3 is 2.35 bits per heavy atom. The summed E-state index contributed by atoms with van der Waals surface area (Å²) in [6.07, 6.45) is 1.17. The zero-order chi connectivity index (χ0) is 16.8. The summed E-state index contributed by atoms with van der Waals surface area (Å²) in [6, 6.07) is 0. The van der Waals surface area contributed by atoms with E-state index in [1.165, 1.54) is 0 Å². The first kappa shape index (κ1) is 16.1. The summed E-state index contributed by atoms with van der Waals surface area (Å²) < 4.78 is 0. The number of imide groups is 2. The molecule has 2 N–H and O–H groups in total. The predicted molar refractivity (Wildman–Crippen MR) is 77.8 cm³/mol. The number of carbonyl (C=O) groups excluding carboxylic acids is 4. The highest BCUT2D eigenvalue weighted by Gasteiger charge is 2.61. The van der Waals surface area contributed by atoms with Crippen LogP contribution < -0.4 is 5.32 Å². The van der Waals surface area contributed by atoms with Crippen LogP contribution in [0, 0.1) is 5.41 Å². The molecule has 8 heteroatoms. The molecule has 3 rings (SSSR count). The van der Waals surface area contributed by atoms with Gasteiger partial charge in [-0.3, -0.25) is 29.4 Å². The SMILES string of the molecule is CN1CCC2(CC1)CC(=O)N(C1(CO)CCC(=O)NC1=O)C2=O. The normalized spacial score (nSPS) is 31.8. The summed E-state index contributed by atoms with van der Waals surface area (Å²) in [5, 5.41) is 11.9. The fraction of sp³-hybridized carbons (Fsp3) is 0.733. The lowest BCUT2D eigenvalue weighted by atomic mass is 9.76. The number of amides is 4. The molecule has 1 spiro atoms. The Bertz CT molecular complexity index is 582. The highest BCUT2D eigenvalue weighted by molar-refractivity contribution is 6.13. The average molecular weight is 323 g/mol. The van der Waals surface area contributed by atoms with E-state index in [4.69, 9.17) is 0 Å². The summed E-state index contributed by atoms with van der Waals surface area (Å²) in [5.41, 5.74) is -2.41. The van der Waals surface area contributed by atoms with Crippen LogP contribution in [-0.4, -0.2) is 70.8 Å². The second kappa shape index (κ2) is 5.38. The van der Waals surface area contributed by atoms with Crippen LogP contribution in [-0.2, 0) is 19.2 Å². The minimum absolute atomic E-state index is 0.000895. The standard InChI is InChI=1S/C15H21N3O5/c1-17-6-4-14(5-7-17)8-11(21)18(13(14)23)15(9-19)3-2-10(20)16-12(15)22/h19H,2-9H2,1H3,(H,16,20,22). The first-order valence-corrected chi connectivity index (χ1v) is 7.86. The van der Waals surface area contributed by atoms with Gasteiger partial charge in [0.2, 0.25) is 17.7 Å². The summed E-state index contributed by atoms with van der Waals surface area (Å²) in [5.74, 6) is -2.03. The van der Waals surface area contributed by atoms with Crippen LogP contribution in [0.1, 0.15) is 32.1 Å². The maximum atomic E-state index is 13.0. The van der Waals surface area contributed by atoms with E-state index >= 15 is 0 Å². The zero-order valence-electron chi connectivity index (χ0n) is 13.1. The quantitative estimate of drug-likeness (QED) is 0.607. The number of carbonyl (C=O) groups is 4. The van der Waals surface area contributed by atoms with Crippen LogP contribution in [0.2, 0.25) is 0 Å². The minimum Gasteiger partial charge on any atom is -0.393 e. The van der Waals surface area contributed by atoms with Gasteiger partial charge in [0.1, 0.15) is 0 Å². The van der Waals surface area contributed by atoms with Crippen molar-refractivity contribution in [2.45, 2.75) is 37.6 Å². The average Bonchev–Trinajstić information content (AvgIpc) is 2.75. The van der Waals surface area contributed by atoms with Crippen LogP contribution in [0.3, 0.4) is 0 Å². The van der Waals surface area contributed by atoms with Gasteiger partial charge < -0.3 is 10.0 Å². The number of hydrogen-bond donors (Lipinski definition) is 2. The van der Waals surface area contributed by atoms with Gasteiger partial charge in [-0.1, -0.05) is 0 Å². The Hall–Kier alpha value is -1.80. The third-order valence-corrected chi connectivity index (χ3v) is 5.47. The molecule has 3 aliphatic rings. The van der Waals surface area contributed by atoms with Gasteiger partial charge in [0.05, 0.1) is 12.0 Å². The summed E-state index contributed by atoms with van der Waals surface area (Å²) in [4.78, 5) is 52.3. The van der Waals surface area contributed by atoms with E-state index in [0.717, 1.165) is 4.90 Å². The van der Waals surface area contributed by atoms with Crippen molar-refractivity contribution in [2.24, 2.45) is 5.41 Å². The van der Waals surface area contributed by atoms with Gasteiger partial charge in [-0.15, -0.1) is 0 Å². The number of rotatable bonds is 2. The molecule has 23 heavy (non-hydrogen) atoms. The summed E-state index contributed by atoms with van der Waals surface area (Å²) in [6.45, 7) is 0.757. The minimum atomic E-state index is -1.64. The van der Waals surface area contributed by atoms with Gasteiger partial charge in [-0.2, -0.15) is 0 Å². The number of nitrogens with one attached hydrogen (secondary N) is 1. The van der Waals surface area contributed by atoms with Gasteiger partial charge in [-0.25, -0.2) is 0 Å². The molecule has 1 unspecified atom stereocenters. The third-order valence-electron chi connectivity index (χ3n) is 5.47. The number of piperidine rings is 2. The van der Waals surface area contributed by atoms with Gasteiger partial charge >= 0.3 is 0 Å². The molecule has 0 aromatic heterocycles. The molecule has 3 heterocycles. The van der Waals surface area contributed by atoms with Crippen molar-refractivity contribution in [1.29, 1.82) is 0 Å². The lowest BCUT2D eigenvalue weighted by Crippen LogP contribution is -2.67. The van der Waals surface area contributed by atoms with E-state index in [0.29, 0.717) is 25.9 Å². The number of aliphatic hydroxyl groups excluding tert-OH is 1. The van der Waals surface area contributed by atoms with E-state index in [2.05, 4.69) is 10.2 Å². The van der Waals surface area contributed by atoms with E-state index in [-0.39, 0.29) is 25.2 Å². The highest BCUT2D eigenvalue weighted by atomic mass is 16.3. The van der Waals surface area contributed by atoms with Crippen LogP contribution in [0.25, 0.3) is 0 Å². The second-order valence-corrected chi connectivity index (χ2v) is 6.86. The largest absolute Gasteiger partial charge is 0.393 e. The fourth-order valence-corrected chi connectivity index (χ4v) is 3.84. The van der Waals surface area contributed by atoms with Gasteiger partial charge in [0.15, 0.2) is 5.54 Å². The Labute approximate surface area is 133 Å². The molecule has 3 fully saturated rings. The van der Waals surface area contributed by atoms with Crippen molar-refractivity contribution in [1.82, 2.24) is 15.1 Å². The smallest absolute Gasteiger partial charge is 0.255 e. The van der Waals surface area contributed by atoms with Crippen molar-refractivity contribution < 1.29 is 24.3 Å². The lowest BCUT2D eigenvalue weighted by molar-refractivity contribution is -0.163. The van der Waals surface area contributed by atoms with Gasteiger partial charge in [-0.05, 0) is 39.4 Å². The molecular formula is C15H21N3O5. The summed E-state index contributed by atoms with van der Waals surface area (Å²) in [7, 11) is 1.96. The zero-order valence-corrected chi connectivity index (χ0v) is 13.1. The van der Waals surface area contributed by atoms with Crippen molar-refractivity contribution in [3.8, 4) is 0 Å². The number of nitrogens with zero attached hydrogens (tertiary/aromatic N) is 2. The first-order chi connectivity index (χ1) is 10.8. The van der Waals surface area contributed by atoms with E-state index in [1.807, 2.05) is 7.05 Å². The van der Waals surface area contributed by atoms with Crippen molar-refractivity contribution in [3.05, 3.63) is 0 Å². The van der Waals surface area contributed by atoms with Crippen LogP contribution in [0.15, 0.2) is 0 Å². The molecule has 1 atom stereocenters. The molecule has 126 valence electrons. The maximum absolute atomic E-state index is 13.0. The number of hydrogen-bond acceptors (Lipinski definition) is 6. The van der Waals surface area contributed by atoms with Crippen LogP contribution in [0.5, 0.6) is 0 Å². The molecule has 3 saturated heterocycles.